The number of benzene rings is 1. The molecule has 1 aliphatic heterocycles. The lowest BCUT2D eigenvalue weighted by molar-refractivity contribution is -0.0748. The lowest BCUT2D eigenvalue weighted by Crippen LogP contribution is -2.42. The molecule has 0 bridgehead atoms. The van der Waals surface area contributed by atoms with Crippen molar-refractivity contribution in [1.82, 2.24) is 0 Å². The number of hydrogen-bond donors (Lipinski definition) is 0. The summed E-state index contributed by atoms with van der Waals surface area (Å²) >= 11 is 0. The van der Waals surface area contributed by atoms with Crippen LogP contribution in [0.4, 0.5) is 0 Å². The van der Waals surface area contributed by atoms with Crippen molar-refractivity contribution in [2.45, 2.75) is 68.2 Å². The third-order valence-corrected chi connectivity index (χ3v) is 7.87. The zero-order valence-corrected chi connectivity index (χ0v) is 14.2. The van der Waals surface area contributed by atoms with E-state index >= 15 is 0 Å². The largest absolute Gasteiger partial charge is 0.370 e. The summed E-state index contributed by atoms with van der Waals surface area (Å²) in [6.07, 6.45) is 5.68. The van der Waals surface area contributed by atoms with Gasteiger partial charge in [-0.3, -0.25) is 0 Å². The molecule has 2 aliphatic rings. The topological polar surface area (TPSA) is 9.23 Å². The van der Waals surface area contributed by atoms with Gasteiger partial charge in [0.25, 0.3) is 0 Å². The minimum Gasteiger partial charge on any atom is -0.370 e. The van der Waals surface area contributed by atoms with Crippen LogP contribution in [-0.4, -0.2) is 16.5 Å². The van der Waals surface area contributed by atoms with E-state index in [4.69, 9.17) is 4.74 Å². The highest BCUT2D eigenvalue weighted by atomic mass is 33.1. The molecule has 0 aromatic heterocycles. The van der Waals surface area contributed by atoms with Crippen molar-refractivity contribution in [3.63, 3.8) is 0 Å². The molecule has 1 nitrogen and oxygen atoms in total. The van der Waals surface area contributed by atoms with Gasteiger partial charge in [0.15, 0.2) is 0 Å². The van der Waals surface area contributed by atoms with Crippen LogP contribution in [0.5, 0.6) is 0 Å². The van der Waals surface area contributed by atoms with Crippen molar-refractivity contribution in [2.75, 3.05) is 0 Å². The summed E-state index contributed by atoms with van der Waals surface area (Å²) in [5.74, 6) is 0. The Hall–Kier alpha value is -0.120. The van der Waals surface area contributed by atoms with Gasteiger partial charge >= 0.3 is 0 Å². The second-order valence-electron chi connectivity index (χ2n) is 6.93. The molecule has 2 unspecified atom stereocenters. The summed E-state index contributed by atoms with van der Waals surface area (Å²) in [5.41, 5.74) is 1.35. The summed E-state index contributed by atoms with van der Waals surface area (Å²) < 4.78 is 6.91. The van der Waals surface area contributed by atoms with Crippen molar-refractivity contribution >= 4 is 21.6 Å². The van der Waals surface area contributed by atoms with Crippen LogP contribution in [-0.2, 0) is 4.74 Å². The monoisotopic (exact) mass is 308 g/mol. The Morgan fingerprint density at radius 3 is 2.35 bits per heavy atom. The molecule has 0 amide bonds. The van der Waals surface area contributed by atoms with Crippen molar-refractivity contribution in [3.8, 4) is 0 Å². The molecule has 2 fully saturated rings. The summed E-state index contributed by atoms with van der Waals surface area (Å²) in [5, 5.41) is 0.471. The standard InChI is InChI=1S/C17H24OS2/c1-16(2,3)18-15-14(13-9-5-4-6-10-13)19-20-17(15)11-7-8-12-17/h4-6,9-10,14-15H,7-8,11-12H2,1-3H3. The van der Waals surface area contributed by atoms with E-state index in [1.54, 1.807) is 0 Å². The average Bonchev–Trinajstić information content (AvgIpc) is 2.99. The first-order valence-corrected chi connectivity index (χ1v) is 9.79. The first-order valence-electron chi connectivity index (χ1n) is 7.57. The highest BCUT2D eigenvalue weighted by Crippen LogP contribution is 2.65. The van der Waals surface area contributed by atoms with E-state index < -0.39 is 0 Å². The van der Waals surface area contributed by atoms with E-state index in [-0.39, 0.29) is 5.60 Å². The molecule has 3 rings (SSSR count). The molecule has 1 spiro atoms. The second-order valence-corrected chi connectivity index (χ2v) is 9.69. The number of ether oxygens (including phenoxy) is 1. The van der Waals surface area contributed by atoms with Gasteiger partial charge in [-0.05, 0) is 39.2 Å². The molecule has 0 radical (unpaired) electrons. The Kier molecular flexibility index (Phi) is 4.13. The minimum absolute atomic E-state index is 0.0707. The fourth-order valence-electron chi connectivity index (χ4n) is 3.29. The van der Waals surface area contributed by atoms with Crippen LogP contribution in [0.25, 0.3) is 0 Å². The minimum atomic E-state index is -0.0707. The molecule has 1 aliphatic carbocycles. The van der Waals surface area contributed by atoms with E-state index in [1.807, 2.05) is 10.8 Å². The highest BCUT2D eigenvalue weighted by molar-refractivity contribution is 8.77. The fraction of sp³-hybridized carbons (Fsp3) is 0.647. The SMILES string of the molecule is CC(C)(C)OC1C(c2ccccc2)SSC12CCCC2. The van der Waals surface area contributed by atoms with Crippen molar-refractivity contribution < 1.29 is 4.74 Å². The molecule has 2 atom stereocenters. The van der Waals surface area contributed by atoms with Gasteiger partial charge in [0.1, 0.15) is 0 Å². The summed E-state index contributed by atoms with van der Waals surface area (Å²) in [7, 11) is 4.13. The van der Waals surface area contributed by atoms with Crippen LogP contribution in [0, 0.1) is 0 Å². The van der Waals surface area contributed by atoms with E-state index in [0.717, 1.165) is 0 Å². The van der Waals surface area contributed by atoms with E-state index in [1.165, 1.54) is 31.2 Å². The zero-order chi connectivity index (χ0) is 14.2. The van der Waals surface area contributed by atoms with Crippen LogP contribution in [0.1, 0.15) is 57.3 Å². The van der Waals surface area contributed by atoms with Gasteiger partial charge in [-0.25, -0.2) is 0 Å². The van der Waals surface area contributed by atoms with Crippen molar-refractivity contribution in [2.24, 2.45) is 0 Å². The van der Waals surface area contributed by atoms with Crippen LogP contribution in [0.2, 0.25) is 0 Å². The molecule has 110 valence electrons. The van der Waals surface area contributed by atoms with Gasteiger partial charge in [-0.1, -0.05) is 64.8 Å². The third-order valence-electron chi connectivity index (χ3n) is 4.17. The van der Waals surface area contributed by atoms with Gasteiger partial charge in [0.2, 0.25) is 0 Å². The molecular weight excluding hydrogens is 284 g/mol. The van der Waals surface area contributed by atoms with Gasteiger partial charge in [-0.2, -0.15) is 0 Å². The first kappa shape index (κ1) is 14.8. The van der Waals surface area contributed by atoms with Gasteiger partial charge in [0, 0.05) is 0 Å². The Morgan fingerprint density at radius 2 is 1.75 bits per heavy atom. The summed E-state index contributed by atoms with van der Waals surface area (Å²) in [6, 6.07) is 10.9. The van der Waals surface area contributed by atoms with Gasteiger partial charge in [0.05, 0.1) is 21.7 Å². The van der Waals surface area contributed by atoms with E-state index in [9.17, 15) is 0 Å². The predicted octanol–water partition coefficient (Wildman–Crippen LogP) is 5.62. The number of hydrogen-bond acceptors (Lipinski definition) is 3. The lowest BCUT2D eigenvalue weighted by Gasteiger charge is -2.36. The smallest absolute Gasteiger partial charge is 0.0904 e. The molecule has 1 saturated heterocycles. The Morgan fingerprint density at radius 1 is 1.10 bits per heavy atom. The number of rotatable bonds is 2. The fourth-order valence-corrected chi connectivity index (χ4v) is 7.39. The molecule has 1 saturated carbocycles. The average molecular weight is 309 g/mol. The maximum absolute atomic E-state index is 6.56. The highest BCUT2D eigenvalue weighted by Gasteiger charge is 2.53. The molecule has 0 N–H and O–H groups in total. The predicted molar refractivity (Wildman–Crippen MR) is 90.2 cm³/mol. The van der Waals surface area contributed by atoms with Crippen LogP contribution < -0.4 is 0 Å². The Balaban J connectivity index is 1.90. The quantitative estimate of drug-likeness (QED) is 0.656. The summed E-state index contributed by atoms with van der Waals surface area (Å²) in [6.45, 7) is 6.56. The first-order chi connectivity index (χ1) is 9.50. The second kappa shape index (κ2) is 5.58. The van der Waals surface area contributed by atoms with Crippen LogP contribution >= 0.6 is 21.6 Å². The van der Waals surface area contributed by atoms with E-state index in [0.29, 0.717) is 16.1 Å². The molecule has 3 heteroatoms. The van der Waals surface area contributed by atoms with Gasteiger partial charge < -0.3 is 4.74 Å². The molecule has 20 heavy (non-hydrogen) atoms. The lowest BCUT2D eigenvalue weighted by atomic mass is 9.92. The normalized spacial score (nSPS) is 29.1. The molecular formula is C17H24OS2. The molecule has 1 heterocycles. The van der Waals surface area contributed by atoms with Crippen molar-refractivity contribution in [3.05, 3.63) is 35.9 Å². The van der Waals surface area contributed by atoms with E-state index in [2.05, 4.69) is 61.9 Å². The van der Waals surface area contributed by atoms with Crippen LogP contribution in [0.15, 0.2) is 30.3 Å². The maximum atomic E-state index is 6.56. The van der Waals surface area contributed by atoms with Crippen molar-refractivity contribution in [1.29, 1.82) is 0 Å². The Bertz CT molecular complexity index is 446. The Labute approximate surface area is 130 Å². The third kappa shape index (κ3) is 2.90. The molecule has 1 aromatic carbocycles. The zero-order valence-electron chi connectivity index (χ0n) is 12.6. The molecule has 1 aromatic rings. The van der Waals surface area contributed by atoms with Gasteiger partial charge in [-0.15, -0.1) is 0 Å². The maximum Gasteiger partial charge on any atom is 0.0904 e. The van der Waals surface area contributed by atoms with Crippen LogP contribution in [0.3, 0.4) is 0 Å². The summed E-state index contributed by atoms with van der Waals surface area (Å²) in [4.78, 5) is 0.